The molecular formula is C17H23N5S. The molecule has 0 N–H and O–H groups in total. The van der Waals surface area contributed by atoms with Crippen LogP contribution in [0.3, 0.4) is 0 Å². The third-order valence-corrected chi connectivity index (χ3v) is 5.59. The van der Waals surface area contributed by atoms with Crippen molar-refractivity contribution in [3.05, 3.63) is 40.7 Å². The Hall–Kier alpha value is -1.66. The first-order chi connectivity index (χ1) is 11.1. The maximum Gasteiger partial charge on any atom is 0.194 e. The fourth-order valence-electron chi connectivity index (χ4n) is 3.77. The molecule has 4 rings (SSSR count). The SMILES string of the molecule is Cc1cn(C)c([C@H]2CCCN(Cc3c(C)nc4sccn34)C2)n1. The van der Waals surface area contributed by atoms with Gasteiger partial charge in [-0.2, -0.15) is 0 Å². The zero-order valence-electron chi connectivity index (χ0n) is 14.0. The minimum atomic E-state index is 0.536. The molecule has 3 aromatic heterocycles. The third kappa shape index (κ3) is 2.70. The molecule has 122 valence electrons. The number of piperidine rings is 1. The minimum absolute atomic E-state index is 0.536. The van der Waals surface area contributed by atoms with Crippen molar-refractivity contribution >= 4 is 16.3 Å². The highest BCUT2D eigenvalue weighted by Crippen LogP contribution is 2.28. The van der Waals surface area contributed by atoms with Gasteiger partial charge in [0.15, 0.2) is 4.96 Å². The van der Waals surface area contributed by atoms with E-state index in [1.165, 1.54) is 24.4 Å². The maximum atomic E-state index is 4.75. The van der Waals surface area contributed by atoms with E-state index < -0.39 is 0 Å². The van der Waals surface area contributed by atoms with Gasteiger partial charge in [0.05, 0.1) is 17.1 Å². The van der Waals surface area contributed by atoms with Crippen LogP contribution >= 0.6 is 11.3 Å². The number of thiazole rings is 1. The van der Waals surface area contributed by atoms with Crippen molar-refractivity contribution < 1.29 is 0 Å². The summed E-state index contributed by atoms with van der Waals surface area (Å²) in [5.74, 6) is 1.77. The molecule has 1 aliphatic rings. The first kappa shape index (κ1) is 14.9. The van der Waals surface area contributed by atoms with E-state index in [0.29, 0.717) is 5.92 Å². The molecule has 3 aromatic rings. The Morgan fingerprint density at radius 2 is 2.17 bits per heavy atom. The second kappa shape index (κ2) is 5.76. The number of likely N-dealkylation sites (tertiary alicyclic amines) is 1. The molecule has 1 atom stereocenters. The van der Waals surface area contributed by atoms with Gasteiger partial charge in [0.25, 0.3) is 0 Å². The highest BCUT2D eigenvalue weighted by molar-refractivity contribution is 7.15. The summed E-state index contributed by atoms with van der Waals surface area (Å²) in [6.45, 7) is 7.42. The molecule has 0 unspecified atom stereocenters. The molecule has 0 spiro atoms. The molecule has 23 heavy (non-hydrogen) atoms. The lowest BCUT2D eigenvalue weighted by atomic mass is 9.97. The van der Waals surface area contributed by atoms with Gasteiger partial charge in [-0.1, -0.05) is 0 Å². The Labute approximate surface area is 140 Å². The number of hydrogen-bond acceptors (Lipinski definition) is 4. The molecule has 6 heteroatoms. The first-order valence-corrected chi connectivity index (χ1v) is 9.13. The van der Waals surface area contributed by atoms with Crippen LogP contribution in [0.4, 0.5) is 0 Å². The maximum absolute atomic E-state index is 4.75. The van der Waals surface area contributed by atoms with E-state index in [4.69, 9.17) is 4.98 Å². The summed E-state index contributed by atoms with van der Waals surface area (Å²) < 4.78 is 4.44. The monoisotopic (exact) mass is 329 g/mol. The predicted octanol–water partition coefficient (Wildman–Crippen LogP) is 3.13. The quantitative estimate of drug-likeness (QED) is 0.741. The highest BCUT2D eigenvalue weighted by atomic mass is 32.1. The summed E-state index contributed by atoms with van der Waals surface area (Å²) in [5.41, 5.74) is 3.61. The highest BCUT2D eigenvalue weighted by Gasteiger charge is 2.25. The summed E-state index contributed by atoms with van der Waals surface area (Å²) in [7, 11) is 2.12. The van der Waals surface area contributed by atoms with E-state index in [0.717, 1.165) is 36.0 Å². The van der Waals surface area contributed by atoms with Gasteiger partial charge < -0.3 is 4.57 Å². The molecule has 0 bridgehead atoms. The van der Waals surface area contributed by atoms with E-state index >= 15 is 0 Å². The fourth-order valence-corrected chi connectivity index (χ4v) is 4.55. The Balaban J connectivity index is 1.54. The topological polar surface area (TPSA) is 38.4 Å². The number of hydrogen-bond donors (Lipinski definition) is 0. The van der Waals surface area contributed by atoms with Crippen molar-refractivity contribution in [1.82, 2.24) is 23.8 Å². The lowest BCUT2D eigenvalue weighted by molar-refractivity contribution is 0.192. The normalized spacial score (nSPS) is 19.7. The van der Waals surface area contributed by atoms with Gasteiger partial charge in [0.1, 0.15) is 5.82 Å². The van der Waals surface area contributed by atoms with Gasteiger partial charge >= 0.3 is 0 Å². The summed E-state index contributed by atoms with van der Waals surface area (Å²) in [6.07, 6.45) is 6.74. The number of fused-ring (bicyclic) bond motifs is 1. The molecular weight excluding hydrogens is 306 g/mol. The lowest BCUT2D eigenvalue weighted by Crippen LogP contribution is -2.35. The van der Waals surface area contributed by atoms with Gasteiger partial charge in [0, 0.05) is 43.8 Å². The summed E-state index contributed by atoms with van der Waals surface area (Å²) in [6, 6.07) is 0. The summed E-state index contributed by atoms with van der Waals surface area (Å²) >= 11 is 1.71. The summed E-state index contributed by atoms with van der Waals surface area (Å²) in [4.78, 5) is 13.1. The van der Waals surface area contributed by atoms with Gasteiger partial charge in [0.2, 0.25) is 0 Å². The number of nitrogens with zero attached hydrogens (tertiary/aromatic N) is 5. The van der Waals surface area contributed by atoms with E-state index in [1.807, 2.05) is 0 Å². The van der Waals surface area contributed by atoms with Crippen LogP contribution in [-0.2, 0) is 13.6 Å². The van der Waals surface area contributed by atoms with Gasteiger partial charge in [-0.15, -0.1) is 11.3 Å². The van der Waals surface area contributed by atoms with Crippen molar-refractivity contribution in [3.63, 3.8) is 0 Å². The molecule has 0 amide bonds. The zero-order valence-corrected chi connectivity index (χ0v) is 14.8. The van der Waals surface area contributed by atoms with Crippen LogP contribution in [0.1, 0.15) is 41.7 Å². The van der Waals surface area contributed by atoms with Crippen LogP contribution in [0.2, 0.25) is 0 Å². The zero-order chi connectivity index (χ0) is 16.0. The molecule has 1 aliphatic heterocycles. The van der Waals surface area contributed by atoms with Crippen molar-refractivity contribution in [2.75, 3.05) is 13.1 Å². The van der Waals surface area contributed by atoms with E-state index in [1.54, 1.807) is 11.3 Å². The smallest absolute Gasteiger partial charge is 0.194 e. The average Bonchev–Trinajstić information content (AvgIpc) is 3.17. The molecule has 0 saturated carbocycles. The van der Waals surface area contributed by atoms with E-state index in [9.17, 15) is 0 Å². The first-order valence-electron chi connectivity index (χ1n) is 8.25. The average molecular weight is 329 g/mol. The molecule has 1 saturated heterocycles. The van der Waals surface area contributed by atoms with Crippen LogP contribution in [0.15, 0.2) is 17.8 Å². The summed E-state index contributed by atoms with van der Waals surface area (Å²) in [5, 5.41) is 2.11. The van der Waals surface area contributed by atoms with E-state index in [2.05, 4.69) is 57.5 Å². The Kier molecular flexibility index (Phi) is 3.73. The van der Waals surface area contributed by atoms with Crippen molar-refractivity contribution in [2.45, 2.75) is 39.2 Å². The van der Waals surface area contributed by atoms with Crippen molar-refractivity contribution in [2.24, 2.45) is 7.05 Å². The molecule has 1 fully saturated rings. The third-order valence-electron chi connectivity index (χ3n) is 4.84. The molecule has 5 nitrogen and oxygen atoms in total. The lowest BCUT2D eigenvalue weighted by Gasteiger charge is -2.32. The van der Waals surface area contributed by atoms with Crippen LogP contribution in [0, 0.1) is 13.8 Å². The Morgan fingerprint density at radius 3 is 2.96 bits per heavy atom. The predicted molar refractivity (Wildman–Crippen MR) is 93.0 cm³/mol. The second-order valence-electron chi connectivity index (χ2n) is 6.63. The van der Waals surface area contributed by atoms with Crippen LogP contribution in [-0.4, -0.2) is 36.9 Å². The molecule has 0 aliphatic carbocycles. The van der Waals surface area contributed by atoms with Gasteiger partial charge in [-0.05, 0) is 33.2 Å². The van der Waals surface area contributed by atoms with Crippen LogP contribution in [0.5, 0.6) is 0 Å². The van der Waals surface area contributed by atoms with E-state index in [-0.39, 0.29) is 0 Å². The minimum Gasteiger partial charge on any atom is -0.337 e. The van der Waals surface area contributed by atoms with Gasteiger partial charge in [-0.25, -0.2) is 9.97 Å². The number of aryl methyl sites for hydroxylation is 3. The van der Waals surface area contributed by atoms with Gasteiger partial charge in [-0.3, -0.25) is 9.30 Å². The van der Waals surface area contributed by atoms with Crippen LogP contribution in [0.25, 0.3) is 4.96 Å². The molecule has 4 heterocycles. The fraction of sp³-hybridized carbons (Fsp3) is 0.529. The Morgan fingerprint density at radius 1 is 1.30 bits per heavy atom. The number of aromatic nitrogens is 4. The Bertz CT molecular complexity index is 827. The van der Waals surface area contributed by atoms with Crippen LogP contribution < -0.4 is 0 Å². The largest absolute Gasteiger partial charge is 0.337 e. The second-order valence-corrected chi connectivity index (χ2v) is 7.50. The molecule has 0 radical (unpaired) electrons. The molecule has 0 aromatic carbocycles. The van der Waals surface area contributed by atoms with Crippen molar-refractivity contribution in [3.8, 4) is 0 Å². The number of rotatable bonds is 3. The van der Waals surface area contributed by atoms with Crippen molar-refractivity contribution in [1.29, 1.82) is 0 Å². The standard InChI is InChI=1S/C17H23N5S/c1-12-9-20(3)16(18-12)14-5-4-6-21(10-14)11-15-13(2)19-17-22(15)7-8-23-17/h7-9,14H,4-6,10-11H2,1-3H3/t14-/m0/s1. The number of imidazole rings is 2.